The van der Waals surface area contributed by atoms with Crippen LogP contribution in [0.5, 0.6) is 0 Å². The molecule has 1 fully saturated rings. The smallest absolute Gasteiger partial charge is 0.123 e. The number of hydrogen-bond acceptors (Lipinski definition) is 4. The molecule has 94 valence electrons. The van der Waals surface area contributed by atoms with Crippen molar-refractivity contribution in [2.24, 2.45) is 0 Å². The van der Waals surface area contributed by atoms with Crippen molar-refractivity contribution < 1.29 is 0 Å². The largest absolute Gasteiger partial charge is 0.314 e. The molecule has 2 heterocycles. The third-order valence-electron chi connectivity index (χ3n) is 3.28. The first-order valence-corrected chi connectivity index (χ1v) is 7.22. The highest BCUT2D eigenvalue weighted by Gasteiger charge is 2.13. The lowest BCUT2D eigenvalue weighted by molar-refractivity contribution is 0.233. The minimum Gasteiger partial charge on any atom is -0.314 e. The molecular formula is C14H17N3S. The molecule has 1 N–H and O–H groups in total. The number of piperazine rings is 1. The molecule has 1 saturated heterocycles. The van der Waals surface area contributed by atoms with Crippen LogP contribution < -0.4 is 5.32 Å². The van der Waals surface area contributed by atoms with Crippen LogP contribution in [0.1, 0.15) is 5.56 Å². The Morgan fingerprint density at radius 3 is 2.83 bits per heavy atom. The second-order valence-electron chi connectivity index (χ2n) is 4.52. The van der Waals surface area contributed by atoms with E-state index >= 15 is 0 Å². The maximum Gasteiger partial charge on any atom is 0.123 e. The molecule has 1 aliphatic heterocycles. The Hall–Kier alpha value is -1.23. The van der Waals surface area contributed by atoms with Crippen LogP contribution >= 0.6 is 11.3 Å². The van der Waals surface area contributed by atoms with Crippen molar-refractivity contribution in [3.05, 3.63) is 41.4 Å². The number of nitrogens with one attached hydrogen (secondary N) is 1. The number of thiazole rings is 1. The molecule has 1 aliphatic rings. The molecule has 0 bridgehead atoms. The first kappa shape index (κ1) is 11.8. The predicted octanol–water partition coefficient (Wildman–Crippen LogP) is 2.22. The van der Waals surface area contributed by atoms with E-state index in [1.54, 1.807) is 11.3 Å². The van der Waals surface area contributed by atoms with Crippen LogP contribution in [0.2, 0.25) is 0 Å². The quantitative estimate of drug-likeness (QED) is 0.916. The molecule has 3 nitrogen and oxygen atoms in total. The van der Waals surface area contributed by atoms with Crippen molar-refractivity contribution >= 4 is 11.3 Å². The Bertz CT molecular complexity index is 490. The molecular weight excluding hydrogens is 242 g/mol. The molecule has 1 aromatic carbocycles. The molecule has 0 atom stereocenters. The van der Waals surface area contributed by atoms with E-state index in [0.29, 0.717) is 0 Å². The lowest BCUT2D eigenvalue weighted by atomic mass is 10.1. The summed E-state index contributed by atoms with van der Waals surface area (Å²) in [6, 6.07) is 8.61. The Kier molecular flexibility index (Phi) is 3.69. The molecule has 0 radical (unpaired) electrons. The first-order valence-electron chi connectivity index (χ1n) is 6.34. The first-order chi connectivity index (χ1) is 8.93. The minimum absolute atomic E-state index is 1.03. The van der Waals surface area contributed by atoms with Crippen LogP contribution in [0.15, 0.2) is 35.8 Å². The minimum atomic E-state index is 1.03. The summed E-state index contributed by atoms with van der Waals surface area (Å²) in [7, 11) is 0. The highest BCUT2D eigenvalue weighted by atomic mass is 32.1. The van der Waals surface area contributed by atoms with Crippen LogP contribution in [-0.4, -0.2) is 36.1 Å². The fourth-order valence-corrected chi connectivity index (χ4v) is 3.03. The van der Waals surface area contributed by atoms with E-state index in [4.69, 9.17) is 0 Å². The van der Waals surface area contributed by atoms with Gasteiger partial charge in [-0.3, -0.25) is 4.90 Å². The average Bonchev–Trinajstić information content (AvgIpc) is 2.94. The number of aromatic nitrogens is 1. The van der Waals surface area contributed by atoms with Crippen molar-refractivity contribution in [1.82, 2.24) is 15.2 Å². The van der Waals surface area contributed by atoms with E-state index in [9.17, 15) is 0 Å². The zero-order valence-electron chi connectivity index (χ0n) is 10.3. The summed E-state index contributed by atoms with van der Waals surface area (Å²) in [5.41, 5.74) is 2.67. The molecule has 0 saturated carbocycles. The third-order valence-corrected chi connectivity index (χ3v) is 4.09. The van der Waals surface area contributed by atoms with Gasteiger partial charge >= 0.3 is 0 Å². The number of rotatable bonds is 3. The Labute approximate surface area is 111 Å². The van der Waals surface area contributed by atoms with Gasteiger partial charge in [0.25, 0.3) is 0 Å². The van der Waals surface area contributed by atoms with Gasteiger partial charge in [-0.1, -0.05) is 24.3 Å². The molecule has 0 amide bonds. The SMILES string of the molecule is c1ccc(-c2nccs2)c(CN2CCNCC2)c1. The van der Waals surface area contributed by atoms with E-state index in [-0.39, 0.29) is 0 Å². The van der Waals surface area contributed by atoms with Gasteiger partial charge in [0.2, 0.25) is 0 Å². The van der Waals surface area contributed by atoms with E-state index in [2.05, 4.69) is 39.5 Å². The predicted molar refractivity (Wildman–Crippen MR) is 75.7 cm³/mol. The fraction of sp³-hybridized carbons (Fsp3) is 0.357. The Morgan fingerprint density at radius 1 is 1.22 bits per heavy atom. The normalized spacial score (nSPS) is 16.9. The van der Waals surface area contributed by atoms with Gasteiger partial charge in [-0.05, 0) is 5.56 Å². The standard InChI is InChI=1S/C14H17N3S/c1-2-4-13(14-16-7-10-18-14)12(3-1)11-17-8-5-15-6-9-17/h1-4,7,10,15H,5-6,8-9,11H2. The van der Waals surface area contributed by atoms with E-state index in [1.807, 2.05) is 11.6 Å². The Morgan fingerprint density at radius 2 is 2.06 bits per heavy atom. The molecule has 18 heavy (non-hydrogen) atoms. The van der Waals surface area contributed by atoms with Gasteiger partial charge in [0, 0.05) is 49.9 Å². The highest BCUT2D eigenvalue weighted by molar-refractivity contribution is 7.13. The zero-order valence-corrected chi connectivity index (χ0v) is 11.1. The number of hydrogen-bond donors (Lipinski definition) is 1. The van der Waals surface area contributed by atoms with Crippen LogP contribution in [0, 0.1) is 0 Å². The topological polar surface area (TPSA) is 28.2 Å². The van der Waals surface area contributed by atoms with Crippen LogP contribution in [0.25, 0.3) is 10.6 Å². The van der Waals surface area contributed by atoms with Crippen molar-refractivity contribution in [3.8, 4) is 10.6 Å². The summed E-state index contributed by atoms with van der Waals surface area (Å²) in [4.78, 5) is 6.93. The van der Waals surface area contributed by atoms with Crippen LogP contribution in [0.3, 0.4) is 0 Å². The number of nitrogens with zero attached hydrogens (tertiary/aromatic N) is 2. The van der Waals surface area contributed by atoms with Gasteiger partial charge in [0.15, 0.2) is 0 Å². The molecule has 2 aromatic rings. The molecule has 3 rings (SSSR count). The van der Waals surface area contributed by atoms with Crippen molar-refractivity contribution in [3.63, 3.8) is 0 Å². The van der Waals surface area contributed by atoms with Crippen molar-refractivity contribution in [2.45, 2.75) is 6.54 Å². The average molecular weight is 259 g/mol. The molecule has 0 unspecified atom stereocenters. The molecule has 0 aliphatic carbocycles. The second kappa shape index (κ2) is 5.61. The van der Waals surface area contributed by atoms with Gasteiger partial charge in [-0.15, -0.1) is 11.3 Å². The van der Waals surface area contributed by atoms with Crippen molar-refractivity contribution in [2.75, 3.05) is 26.2 Å². The molecule has 0 spiro atoms. The lowest BCUT2D eigenvalue weighted by Crippen LogP contribution is -2.42. The maximum absolute atomic E-state index is 4.43. The molecule has 4 heteroatoms. The summed E-state index contributed by atoms with van der Waals surface area (Å²) < 4.78 is 0. The monoisotopic (exact) mass is 259 g/mol. The fourth-order valence-electron chi connectivity index (χ4n) is 2.33. The van der Waals surface area contributed by atoms with E-state index in [0.717, 1.165) is 37.7 Å². The van der Waals surface area contributed by atoms with Gasteiger partial charge in [-0.2, -0.15) is 0 Å². The summed E-state index contributed by atoms with van der Waals surface area (Å²) in [5.74, 6) is 0. The van der Waals surface area contributed by atoms with Crippen LogP contribution in [-0.2, 0) is 6.54 Å². The van der Waals surface area contributed by atoms with Crippen LogP contribution in [0.4, 0.5) is 0 Å². The number of benzene rings is 1. The Balaban J connectivity index is 1.83. The maximum atomic E-state index is 4.43. The lowest BCUT2D eigenvalue weighted by Gasteiger charge is -2.27. The van der Waals surface area contributed by atoms with E-state index in [1.165, 1.54) is 11.1 Å². The summed E-state index contributed by atoms with van der Waals surface area (Å²) in [6.07, 6.45) is 1.88. The van der Waals surface area contributed by atoms with Gasteiger partial charge < -0.3 is 5.32 Å². The van der Waals surface area contributed by atoms with Gasteiger partial charge in [0.1, 0.15) is 5.01 Å². The zero-order chi connectivity index (χ0) is 12.2. The summed E-state index contributed by atoms with van der Waals surface area (Å²) >= 11 is 1.71. The third kappa shape index (κ3) is 2.61. The van der Waals surface area contributed by atoms with E-state index < -0.39 is 0 Å². The summed E-state index contributed by atoms with van der Waals surface area (Å²) in [6.45, 7) is 5.48. The second-order valence-corrected chi connectivity index (χ2v) is 5.42. The van der Waals surface area contributed by atoms with Gasteiger partial charge in [0.05, 0.1) is 0 Å². The summed E-state index contributed by atoms with van der Waals surface area (Å²) in [5, 5.41) is 6.56. The highest BCUT2D eigenvalue weighted by Crippen LogP contribution is 2.26. The molecule has 1 aromatic heterocycles. The van der Waals surface area contributed by atoms with Crippen molar-refractivity contribution in [1.29, 1.82) is 0 Å². The van der Waals surface area contributed by atoms with Gasteiger partial charge in [-0.25, -0.2) is 4.98 Å².